The number of carbonyl (C=O) groups excluding carboxylic acids is 2. The molecule has 1 N–H and O–H groups in total. The van der Waals surface area contributed by atoms with Crippen molar-refractivity contribution in [1.82, 2.24) is 14.9 Å². The molecule has 0 radical (unpaired) electrons. The van der Waals surface area contributed by atoms with Gasteiger partial charge in [-0.1, -0.05) is 0 Å². The highest BCUT2D eigenvalue weighted by Crippen LogP contribution is 2.51. The Labute approximate surface area is 186 Å². The number of nitriles is 1. The molecular weight excluding hydrogens is 408 g/mol. The quantitative estimate of drug-likeness (QED) is 0.772. The van der Waals surface area contributed by atoms with E-state index in [2.05, 4.69) is 21.4 Å². The highest BCUT2D eigenvalue weighted by Gasteiger charge is 2.57. The summed E-state index contributed by atoms with van der Waals surface area (Å²) in [7, 11) is 0. The van der Waals surface area contributed by atoms with Crippen LogP contribution >= 0.6 is 0 Å². The normalized spacial score (nSPS) is 23.2. The van der Waals surface area contributed by atoms with Gasteiger partial charge in [-0.3, -0.25) is 14.5 Å². The first kappa shape index (κ1) is 20.4. The number of nitrogens with one attached hydrogen (secondary N) is 1. The van der Waals surface area contributed by atoms with E-state index in [4.69, 9.17) is 4.74 Å². The Kier molecular flexibility index (Phi) is 5.23. The molecule has 164 valence electrons. The summed E-state index contributed by atoms with van der Waals surface area (Å²) in [5, 5.41) is 12.8. The van der Waals surface area contributed by atoms with E-state index < -0.39 is 5.41 Å². The van der Waals surface area contributed by atoms with Gasteiger partial charge in [-0.25, -0.2) is 4.98 Å². The molecule has 1 saturated carbocycles. The number of morpholine rings is 1. The van der Waals surface area contributed by atoms with Crippen LogP contribution in [0.4, 0.5) is 17.5 Å². The van der Waals surface area contributed by atoms with E-state index in [0.29, 0.717) is 56.6 Å². The number of benzene rings is 1. The lowest BCUT2D eigenvalue weighted by Crippen LogP contribution is -2.40. The second-order valence-electron chi connectivity index (χ2n) is 8.41. The van der Waals surface area contributed by atoms with Gasteiger partial charge in [0.25, 0.3) is 5.91 Å². The van der Waals surface area contributed by atoms with Gasteiger partial charge >= 0.3 is 0 Å². The van der Waals surface area contributed by atoms with E-state index in [9.17, 15) is 14.9 Å². The van der Waals surface area contributed by atoms with Crippen molar-refractivity contribution in [2.45, 2.75) is 19.3 Å². The first-order valence-electron chi connectivity index (χ1n) is 10.9. The molecule has 3 fully saturated rings. The molecule has 1 aliphatic carbocycles. The number of aromatic nitrogens is 2. The summed E-state index contributed by atoms with van der Waals surface area (Å²) >= 11 is 0. The van der Waals surface area contributed by atoms with Crippen molar-refractivity contribution in [1.29, 1.82) is 5.26 Å². The number of hydrogen-bond donors (Lipinski definition) is 1. The molecule has 5 rings (SSSR count). The number of nitrogens with zero attached hydrogens (tertiary/aromatic N) is 5. The lowest BCUT2D eigenvalue weighted by molar-refractivity contribution is -0.123. The van der Waals surface area contributed by atoms with Crippen LogP contribution in [0.2, 0.25) is 0 Å². The van der Waals surface area contributed by atoms with E-state index in [1.54, 1.807) is 46.3 Å². The molecule has 2 saturated heterocycles. The van der Waals surface area contributed by atoms with Crippen LogP contribution in [0.25, 0.3) is 0 Å². The van der Waals surface area contributed by atoms with Crippen molar-refractivity contribution in [2.75, 3.05) is 43.1 Å². The van der Waals surface area contributed by atoms with Gasteiger partial charge in [-0.15, -0.1) is 0 Å². The Morgan fingerprint density at radius 1 is 1.16 bits per heavy atom. The smallest absolute Gasteiger partial charge is 0.254 e. The van der Waals surface area contributed by atoms with Crippen molar-refractivity contribution in [3.05, 3.63) is 42.1 Å². The Morgan fingerprint density at radius 3 is 2.59 bits per heavy atom. The van der Waals surface area contributed by atoms with E-state index in [-0.39, 0.29) is 17.7 Å². The molecule has 9 heteroatoms. The van der Waals surface area contributed by atoms with Gasteiger partial charge in [0.2, 0.25) is 11.9 Å². The molecular formula is C23H24N6O3. The summed E-state index contributed by atoms with van der Waals surface area (Å²) in [6, 6.07) is 11.1. The van der Waals surface area contributed by atoms with Crippen LogP contribution in [0, 0.1) is 22.7 Å². The monoisotopic (exact) mass is 432 g/mol. The standard InChI is InChI=1S/C23H24N6O3/c24-15-23(17-3-4-17)8-10-29(21(23)31)19-7-9-25-22(27-19)26-18-5-1-16(2-6-18)20(30)28-11-13-32-14-12-28/h1-2,5-7,9,17H,3-4,8,10-14H2,(H,25,26,27)/t23-/m1/s1. The number of hydrogen-bond acceptors (Lipinski definition) is 7. The maximum atomic E-state index is 13.0. The summed E-state index contributed by atoms with van der Waals surface area (Å²) in [6.45, 7) is 2.81. The minimum atomic E-state index is -0.901. The van der Waals surface area contributed by atoms with E-state index in [1.807, 2.05) is 0 Å². The zero-order valence-corrected chi connectivity index (χ0v) is 17.7. The van der Waals surface area contributed by atoms with E-state index in [1.165, 1.54) is 0 Å². The molecule has 2 aromatic rings. The van der Waals surface area contributed by atoms with Gasteiger partial charge in [-0.05, 0) is 55.5 Å². The molecule has 1 atom stereocenters. The number of rotatable bonds is 5. The molecule has 1 aromatic heterocycles. The summed E-state index contributed by atoms with van der Waals surface area (Å²) in [5.41, 5.74) is 0.446. The van der Waals surface area contributed by atoms with Crippen LogP contribution in [0.3, 0.4) is 0 Å². The summed E-state index contributed by atoms with van der Waals surface area (Å²) in [6.07, 6.45) is 4.01. The van der Waals surface area contributed by atoms with Crippen LogP contribution in [-0.2, 0) is 9.53 Å². The van der Waals surface area contributed by atoms with Crippen LogP contribution in [0.15, 0.2) is 36.5 Å². The van der Waals surface area contributed by atoms with Crippen LogP contribution in [0.1, 0.15) is 29.6 Å². The largest absolute Gasteiger partial charge is 0.378 e. The molecule has 32 heavy (non-hydrogen) atoms. The van der Waals surface area contributed by atoms with Gasteiger partial charge in [0.15, 0.2) is 0 Å². The third-order valence-corrected chi connectivity index (χ3v) is 6.43. The first-order valence-corrected chi connectivity index (χ1v) is 10.9. The Morgan fingerprint density at radius 2 is 1.91 bits per heavy atom. The number of ether oxygens (including phenoxy) is 1. The van der Waals surface area contributed by atoms with Gasteiger partial charge in [0.05, 0.1) is 19.3 Å². The van der Waals surface area contributed by atoms with Gasteiger partial charge in [0.1, 0.15) is 11.2 Å². The van der Waals surface area contributed by atoms with Gasteiger partial charge in [0, 0.05) is 37.1 Å². The van der Waals surface area contributed by atoms with Crippen molar-refractivity contribution in [3.63, 3.8) is 0 Å². The fourth-order valence-corrected chi connectivity index (χ4v) is 4.44. The Balaban J connectivity index is 1.28. The van der Waals surface area contributed by atoms with Crippen molar-refractivity contribution in [3.8, 4) is 6.07 Å². The molecule has 3 aliphatic rings. The second kappa shape index (κ2) is 8.20. The van der Waals surface area contributed by atoms with Crippen molar-refractivity contribution < 1.29 is 14.3 Å². The Hall–Kier alpha value is -3.51. The zero-order valence-electron chi connectivity index (χ0n) is 17.7. The zero-order chi connectivity index (χ0) is 22.1. The highest BCUT2D eigenvalue weighted by molar-refractivity contribution is 6.01. The minimum absolute atomic E-state index is 0.0118. The number of anilines is 3. The summed E-state index contributed by atoms with van der Waals surface area (Å²) in [4.78, 5) is 37.7. The number of carbonyl (C=O) groups is 2. The highest BCUT2D eigenvalue weighted by atomic mass is 16.5. The SMILES string of the molecule is N#C[C@@]1(C2CC2)CCN(c2ccnc(Nc3ccc(C(=O)N4CCOCC4)cc3)n2)C1=O. The molecule has 9 nitrogen and oxygen atoms in total. The molecule has 2 amide bonds. The molecule has 0 bridgehead atoms. The maximum absolute atomic E-state index is 13.0. The summed E-state index contributed by atoms with van der Waals surface area (Å²) in [5.74, 6) is 0.844. The fraction of sp³-hybridized carbons (Fsp3) is 0.435. The number of amides is 2. The average molecular weight is 432 g/mol. The van der Waals surface area contributed by atoms with E-state index >= 15 is 0 Å². The first-order chi connectivity index (χ1) is 15.6. The average Bonchev–Trinajstić information content (AvgIpc) is 3.63. The van der Waals surface area contributed by atoms with Gasteiger partial charge in [-0.2, -0.15) is 10.2 Å². The molecule has 2 aliphatic heterocycles. The molecule has 3 heterocycles. The lowest BCUT2D eigenvalue weighted by atomic mass is 9.83. The van der Waals surface area contributed by atoms with E-state index in [0.717, 1.165) is 18.5 Å². The van der Waals surface area contributed by atoms with Crippen LogP contribution < -0.4 is 10.2 Å². The third kappa shape index (κ3) is 3.67. The lowest BCUT2D eigenvalue weighted by Gasteiger charge is -2.26. The predicted octanol–water partition coefficient (Wildman–Crippen LogP) is 2.35. The molecule has 1 aromatic carbocycles. The van der Waals surface area contributed by atoms with Crippen molar-refractivity contribution >= 4 is 29.3 Å². The Bertz CT molecular complexity index is 1070. The van der Waals surface area contributed by atoms with Crippen molar-refractivity contribution in [2.24, 2.45) is 11.3 Å². The summed E-state index contributed by atoms with van der Waals surface area (Å²) < 4.78 is 5.30. The third-order valence-electron chi connectivity index (χ3n) is 6.43. The molecule has 0 unspecified atom stereocenters. The fourth-order valence-electron chi connectivity index (χ4n) is 4.44. The topological polar surface area (TPSA) is 111 Å². The molecule has 0 spiro atoms. The second-order valence-corrected chi connectivity index (χ2v) is 8.41. The maximum Gasteiger partial charge on any atom is 0.254 e. The van der Waals surface area contributed by atoms with Gasteiger partial charge < -0.3 is 15.0 Å². The minimum Gasteiger partial charge on any atom is -0.378 e. The van der Waals surface area contributed by atoms with Crippen LogP contribution in [-0.4, -0.2) is 59.5 Å². The predicted molar refractivity (Wildman–Crippen MR) is 116 cm³/mol. The van der Waals surface area contributed by atoms with Crippen LogP contribution in [0.5, 0.6) is 0 Å².